The van der Waals surface area contributed by atoms with Gasteiger partial charge in [0.05, 0.1) is 16.7 Å². The third kappa shape index (κ3) is 3.83. The first kappa shape index (κ1) is 20.9. The number of nitrogens with zero attached hydrogens (tertiary/aromatic N) is 2. The molecule has 2 unspecified atom stereocenters. The van der Waals surface area contributed by atoms with Gasteiger partial charge in [-0.15, -0.1) is 0 Å². The fraction of sp³-hybridized carbons (Fsp3) is 0.478. The number of unbranched alkanes of at least 4 members (excludes halogenated alkanes) is 1. The Hall–Kier alpha value is -1.85. The van der Waals surface area contributed by atoms with E-state index in [-0.39, 0.29) is 11.8 Å². The van der Waals surface area contributed by atoms with Crippen molar-refractivity contribution in [1.29, 1.82) is 0 Å². The molecule has 2 aromatic carbocycles. The molecule has 1 aliphatic rings. The first-order chi connectivity index (χ1) is 13.2. The van der Waals surface area contributed by atoms with Crippen molar-refractivity contribution in [2.45, 2.75) is 49.6 Å². The maximum atomic E-state index is 13.4. The van der Waals surface area contributed by atoms with Crippen LogP contribution in [0.5, 0.6) is 0 Å². The molecular formula is C23H32N2O2S. The highest BCUT2D eigenvalue weighted by Gasteiger charge is 2.44. The Balaban J connectivity index is 2.27. The maximum absolute atomic E-state index is 13.4. The molecule has 0 radical (unpaired) electrons. The molecule has 4 nitrogen and oxygen atoms in total. The van der Waals surface area contributed by atoms with Crippen LogP contribution in [0.25, 0.3) is 0 Å². The van der Waals surface area contributed by atoms with Crippen LogP contribution in [0.3, 0.4) is 0 Å². The molecule has 0 spiro atoms. The summed E-state index contributed by atoms with van der Waals surface area (Å²) in [6.45, 7) is 4.26. The molecule has 28 heavy (non-hydrogen) atoms. The lowest BCUT2D eigenvalue weighted by atomic mass is 9.89. The number of hydrogen-bond acceptors (Lipinski definition) is 4. The highest BCUT2D eigenvalue weighted by Crippen LogP contribution is 2.43. The van der Waals surface area contributed by atoms with Gasteiger partial charge in [-0.25, -0.2) is 8.42 Å². The van der Waals surface area contributed by atoms with Crippen LogP contribution in [-0.2, 0) is 9.84 Å². The summed E-state index contributed by atoms with van der Waals surface area (Å²) in [5, 5.41) is 0. The van der Waals surface area contributed by atoms with Gasteiger partial charge in [-0.1, -0.05) is 50.1 Å². The van der Waals surface area contributed by atoms with Gasteiger partial charge in [0.25, 0.3) is 0 Å². The molecule has 0 aliphatic carbocycles. The quantitative estimate of drug-likeness (QED) is 0.740. The Bertz CT molecular complexity index is 925. The van der Waals surface area contributed by atoms with Crippen LogP contribution < -0.4 is 4.90 Å². The summed E-state index contributed by atoms with van der Waals surface area (Å²) < 4.78 is 26.9. The van der Waals surface area contributed by atoms with Crippen molar-refractivity contribution in [2.24, 2.45) is 0 Å². The number of benzene rings is 2. The van der Waals surface area contributed by atoms with Gasteiger partial charge in [-0.05, 0) is 49.7 Å². The summed E-state index contributed by atoms with van der Waals surface area (Å²) >= 11 is 0. The van der Waals surface area contributed by atoms with Gasteiger partial charge >= 0.3 is 0 Å². The van der Waals surface area contributed by atoms with E-state index in [4.69, 9.17) is 0 Å². The summed E-state index contributed by atoms with van der Waals surface area (Å²) in [6, 6.07) is 15.9. The van der Waals surface area contributed by atoms with Crippen molar-refractivity contribution < 1.29 is 8.42 Å². The number of hydrogen-bond donors (Lipinski definition) is 0. The zero-order valence-electron chi connectivity index (χ0n) is 17.6. The van der Waals surface area contributed by atoms with Crippen molar-refractivity contribution in [3.8, 4) is 0 Å². The van der Waals surface area contributed by atoms with Crippen molar-refractivity contribution in [1.82, 2.24) is 4.90 Å². The van der Waals surface area contributed by atoms with Crippen molar-refractivity contribution in [2.75, 3.05) is 31.8 Å². The van der Waals surface area contributed by atoms with Gasteiger partial charge in [-0.3, -0.25) is 4.90 Å². The molecule has 2 atom stereocenters. The lowest BCUT2D eigenvalue weighted by Crippen LogP contribution is -2.49. The van der Waals surface area contributed by atoms with Crippen LogP contribution in [0.1, 0.15) is 50.3 Å². The molecule has 3 rings (SSSR count). The molecular weight excluding hydrogens is 368 g/mol. The predicted molar refractivity (Wildman–Crippen MR) is 117 cm³/mol. The Morgan fingerprint density at radius 2 is 1.82 bits per heavy atom. The molecule has 0 saturated heterocycles. The second-order valence-electron chi connectivity index (χ2n) is 8.40. The maximum Gasteiger partial charge on any atom is 0.180 e. The van der Waals surface area contributed by atoms with E-state index < -0.39 is 15.4 Å². The van der Waals surface area contributed by atoms with Crippen LogP contribution in [0.4, 0.5) is 5.69 Å². The van der Waals surface area contributed by atoms with Gasteiger partial charge in [0.15, 0.2) is 9.84 Å². The Morgan fingerprint density at radius 1 is 1.14 bits per heavy atom. The van der Waals surface area contributed by atoms with E-state index in [0.717, 1.165) is 36.1 Å². The normalized spacial score (nSPS) is 24.4. The summed E-state index contributed by atoms with van der Waals surface area (Å²) in [6.07, 6.45) is 2.92. The summed E-state index contributed by atoms with van der Waals surface area (Å²) in [5.41, 5.74) is 2.59. The highest BCUT2D eigenvalue weighted by atomic mass is 32.2. The first-order valence-corrected chi connectivity index (χ1v) is 11.7. The van der Waals surface area contributed by atoms with Crippen LogP contribution in [0.15, 0.2) is 53.4 Å². The van der Waals surface area contributed by atoms with Crippen LogP contribution in [0, 0.1) is 0 Å². The van der Waals surface area contributed by atoms with Gasteiger partial charge in [0.1, 0.15) is 0 Å². The molecule has 1 aliphatic heterocycles. The van der Waals surface area contributed by atoms with Crippen LogP contribution in [0.2, 0.25) is 0 Å². The van der Waals surface area contributed by atoms with Crippen LogP contribution >= 0.6 is 0 Å². The minimum atomic E-state index is -3.39. The Morgan fingerprint density at radius 3 is 2.43 bits per heavy atom. The monoisotopic (exact) mass is 400 g/mol. The lowest BCUT2D eigenvalue weighted by molar-refractivity contribution is 0.113. The zero-order chi connectivity index (χ0) is 20.5. The topological polar surface area (TPSA) is 40.6 Å². The fourth-order valence-corrected chi connectivity index (χ4v) is 6.39. The first-order valence-electron chi connectivity index (χ1n) is 10.0. The molecule has 0 saturated carbocycles. The minimum Gasteiger partial charge on any atom is -0.378 e. The predicted octanol–water partition coefficient (Wildman–Crippen LogP) is 4.51. The summed E-state index contributed by atoms with van der Waals surface area (Å²) in [7, 11) is 2.66. The fourth-order valence-electron chi connectivity index (χ4n) is 4.26. The SMILES string of the molecule is CCCCC1(C)CS(=O)(=O)c2ccc(N(C)C)cc2C(c2ccccc2)N1C. The molecule has 5 heteroatoms. The van der Waals surface area contributed by atoms with Gasteiger partial charge in [0, 0.05) is 25.3 Å². The molecule has 152 valence electrons. The van der Waals surface area contributed by atoms with E-state index in [0.29, 0.717) is 4.90 Å². The summed E-state index contributed by atoms with van der Waals surface area (Å²) in [5.74, 6) is 0.147. The van der Waals surface area contributed by atoms with Gasteiger partial charge in [-0.2, -0.15) is 0 Å². The van der Waals surface area contributed by atoms with Gasteiger partial charge in [0.2, 0.25) is 0 Å². The number of anilines is 1. The van der Waals surface area contributed by atoms with E-state index in [9.17, 15) is 8.42 Å². The van der Waals surface area contributed by atoms with Crippen molar-refractivity contribution in [3.05, 3.63) is 59.7 Å². The zero-order valence-corrected chi connectivity index (χ0v) is 18.5. The molecule has 0 N–H and O–H groups in total. The van der Waals surface area contributed by atoms with E-state index in [2.05, 4.69) is 37.9 Å². The molecule has 2 aromatic rings. The third-order valence-corrected chi connectivity index (χ3v) is 8.11. The highest BCUT2D eigenvalue weighted by molar-refractivity contribution is 7.91. The minimum absolute atomic E-state index is 0.102. The van der Waals surface area contributed by atoms with Crippen molar-refractivity contribution in [3.63, 3.8) is 0 Å². The molecule has 0 aromatic heterocycles. The summed E-state index contributed by atoms with van der Waals surface area (Å²) in [4.78, 5) is 4.79. The van der Waals surface area contributed by atoms with E-state index in [1.54, 1.807) is 6.07 Å². The Kier molecular flexibility index (Phi) is 5.87. The molecule has 0 fully saturated rings. The molecule has 0 bridgehead atoms. The average Bonchev–Trinajstić information content (AvgIpc) is 2.72. The second-order valence-corrected chi connectivity index (χ2v) is 10.4. The number of sulfone groups is 1. The third-order valence-electron chi connectivity index (χ3n) is 6.06. The van der Waals surface area contributed by atoms with Crippen LogP contribution in [-0.4, -0.2) is 45.8 Å². The smallest absolute Gasteiger partial charge is 0.180 e. The lowest BCUT2D eigenvalue weighted by Gasteiger charge is -2.42. The number of rotatable bonds is 5. The molecule has 0 amide bonds. The average molecular weight is 401 g/mol. The van der Waals surface area contributed by atoms with E-state index in [1.807, 2.05) is 49.3 Å². The van der Waals surface area contributed by atoms with Crippen molar-refractivity contribution >= 4 is 15.5 Å². The standard InChI is InChI=1S/C23H32N2O2S/c1-6-7-15-23(2)17-28(26,27)21-14-13-19(24(3)4)16-20(21)22(25(23)5)18-11-9-8-10-12-18/h8-14,16,22H,6-7,15,17H2,1-5H3. The van der Waals surface area contributed by atoms with E-state index in [1.165, 1.54) is 0 Å². The van der Waals surface area contributed by atoms with Gasteiger partial charge < -0.3 is 4.90 Å². The number of fused-ring (bicyclic) bond motifs is 1. The second kappa shape index (κ2) is 7.88. The Labute approximate surface area is 170 Å². The van der Waals surface area contributed by atoms with E-state index >= 15 is 0 Å². The largest absolute Gasteiger partial charge is 0.378 e. The molecule has 1 heterocycles.